The van der Waals surface area contributed by atoms with Crippen molar-refractivity contribution in [3.05, 3.63) is 46.8 Å². The molecule has 0 atom stereocenters. The first-order chi connectivity index (χ1) is 9.67. The molecule has 0 unspecified atom stereocenters. The smallest absolute Gasteiger partial charge is 0.274 e. The molecule has 0 radical (unpaired) electrons. The normalized spacial score (nSPS) is 10.5. The van der Waals surface area contributed by atoms with Crippen molar-refractivity contribution in [3.63, 3.8) is 0 Å². The van der Waals surface area contributed by atoms with Crippen LogP contribution in [-0.2, 0) is 6.54 Å². The van der Waals surface area contributed by atoms with Gasteiger partial charge in [0.1, 0.15) is 5.75 Å². The van der Waals surface area contributed by atoms with Crippen molar-refractivity contribution < 1.29 is 4.74 Å². The largest absolute Gasteiger partial charge is 0.497 e. The van der Waals surface area contributed by atoms with E-state index in [4.69, 9.17) is 10.5 Å². The van der Waals surface area contributed by atoms with Crippen molar-refractivity contribution >= 4 is 5.69 Å². The standard InChI is InChI=1S/C16H20N2O2/c1-3-4-11-18-15(10-9-14(17)16(18)19)12-5-7-13(20-2)8-6-12/h5-10H,3-4,11,17H2,1-2H3. The zero-order valence-electron chi connectivity index (χ0n) is 11.9. The Morgan fingerprint density at radius 1 is 1.15 bits per heavy atom. The molecule has 1 aromatic heterocycles. The maximum atomic E-state index is 12.2. The molecule has 106 valence electrons. The monoisotopic (exact) mass is 272 g/mol. The number of pyridine rings is 1. The minimum atomic E-state index is -0.119. The Labute approximate surface area is 118 Å². The van der Waals surface area contributed by atoms with E-state index in [1.54, 1.807) is 17.7 Å². The van der Waals surface area contributed by atoms with Crippen LogP contribution in [0.3, 0.4) is 0 Å². The Morgan fingerprint density at radius 2 is 1.85 bits per heavy atom. The summed E-state index contributed by atoms with van der Waals surface area (Å²) < 4.78 is 6.91. The molecule has 4 heteroatoms. The van der Waals surface area contributed by atoms with E-state index in [1.807, 2.05) is 30.3 Å². The Balaban J connectivity index is 2.48. The quantitative estimate of drug-likeness (QED) is 0.910. The molecule has 0 saturated carbocycles. The van der Waals surface area contributed by atoms with Crippen LogP contribution in [0.15, 0.2) is 41.2 Å². The van der Waals surface area contributed by atoms with Gasteiger partial charge in [-0.1, -0.05) is 13.3 Å². The number of methoxy groups -OCH3 is 1. The Morgan fingerprint density at radius 3 is 2.45 bits per heavy atom. The van der Waals surface area contributed by atoms with Crippen LogP contribution in [0, 0.1) is 0 Å². The number of aromatic nitrogens is 1. The molecule has 0 bridgehead atoms. The van der Waals surface area contributed by atoms with E-state index in [-0.39, 0.29) is 5.56 Å². The maximum absolute atomic E-state index is 12.2. The van der Waals surface area contributed by atoms with Crippen LogP contribution in [0.5, 0.6) is 5.75 Å². The van der Waals surface area contributed by atoms with Crippen LogP contribution < -0.4 is 16.0 Å². The highest BCUT2D eigenvalue weighted by molar-refractivity contribution is 5.62. The number of nitrogens with zero attached hydrogens (tertiary/aromatic N) is 1. The molecule has 0 fully saturated rings. The minimum absolute atomic E-state index is 0.119. The number of ether oxygens (including phenoxy) is 1. The van der Waals surface area contributed by atoms with Crippen LogP contribution in [0.2, 0.25) is 0 Å². The molecule has 20 heavy (non-hydrogen) atoms. The molecule has 1 heterocycles. The van der Waals surface area contributed by atoms with E-state index in [9.17, 15) is 4.79 Å². The molecule has 0 spiro atoms. The zero-order chi connectivity index (χ0) is 14.5. The predicted molar refractivity (Wildman–Crippen MR) is 82.0 cm³/mol. The van der Waals surface area contributed by atoms with Crippen molar-refractivity contribution in [1.29, 1.82) is 0 Å². The lowest BCUT2D eigenvalue weighted by molar-refractivity contribution is 0.415. The van der Waals surface area contributed by atoms with Gasteiger partial charge in [-0.2, -0.15) is 0 Å². The van der Waals surface area contributed by atoms with Gasteiger partial charge in [0.2, 0.25) is 0 Å². The second-order valence-corrected chi connectivity index (χ2v) is 4.71. The molecule has 2 aromatic rings. The molecular weight excluding hydrogens is 252 g/mol. The van der Waals surface area contributed by atoms with Gasteiger partial charge >= 0.3 is 0 Å². The van der Waals surface area contributed by atoms with E-state index in [1.165, 1.54) is 0 Å². The van der Waals surface area contributed by atoms with Gasteiger partial charge in [-0.3, -0.25) is 4.79 Å². The molecule has 0 saturated heterocycles. The molecule has 0 amide bonds. The second kappa shape index (κ2) is 6.28. The number of benzene rings is 1. The van der Waals surface area contributed by atoms with E-state index >= 15 is 0 Å². The highest BCUT2D eigenvalue weighted by Crippen LogP contribution is 2.22. The highest BCUT2D eigenvalue weighted by atomic mass is 16.5. The first-order valence-corrected chi connectivity index (χ1v) is 6.81. The van der Waals surface area contributed by atoms with Gasteiger partial charge in [0.05, 0.1) is 18.5 Å². The number of anilines is 1. The third-order valence-corrected chi connectivity index (χ3v) is 3.32. The average Bonchev–Trinajstić information content (AvgIpc) is 2.49. The van der Waals surface area contributed by atoms with Crippen molar-refractivity contribution in [3.8, 4) is 17.0 Å². The zero-order valence-corrected chi connectivity index (χ0v) is 11.9. The summed E-state index contributed by atoms with van der Waals surface area (Å²) >= 11 is 0. The number of hydrogen-bond donors (Lipinski definition) is 1. The number of nitrogens with two attached hydrogens (primary N) is 1. The van der Waals surface area contributed by atoms with Crippen LogP contribution >= 0.6 is 0 Å². The summed E-state index contributed by atoms with van der Waals surface area (Å²) in [6.45, 7) is 2.78. The van der Waals surface area contributed by atoms with Gasteiger partial charge in [0, 0.05) is 6.54 Å². The molecule has 0 aliphatic heterocycles. The lowest BCUT2D eigenvalue weighted by Gasteiger charge is -2.14. The third-order valence-electron chi connectivity index (χ3n) is 3.32. The molecule has 2 N–H and O–H groups in total. The Kier molecular flexibility index (Phi) is 4.45. The number of hydrogen-bond acceptors (Lipinski definition) is 3. The summed E-state index contributed by atoms with van der Waals surface area (Å²) in [4.78, 5) is 12.2. The second-order valence-electron chi connectivity index (χ2n) is 4.71. The molecule has 2 rings (SSSR count). The first kappa shape index (κ1) is 14.2. The van der Waals surface area contributed by atoms with E-state index in [0.29, 0.717) is 12.2 Å². The summed E-state index contributed by atoms with van der Waals surface area (Å²) in [5, 5.41) is 0. The fourth-order valence-electron chi connectivity index (χ4n) is 2.15. The molecule has 4 nitrogen and oxygen atoms in total. The first-order valence-electron chi connectivity index (χ1n) is 6.81. The van der Waals surface area contributed by atoms with Crippen LogP contribution in [-0.4, -0.2) is 11.7 Å². The van der Waals surface area contributed by atoms with Gasteiger partial charge in [0.15, 0.2) is 0 Å². The number of nitrogen functional groups attached to an aromatic ring is 1. The van der Waals surface area contributed by atoms with Crippen LogP contribution in [0.1, 0.15) is 19.8 Å². The molecule has 1 aromatic carbocycles. The van der Waals surface area contributed by atoms with Crippen molar-refractivity contribution in [2.75, 3.05) is 12.8 Å². The fraction of sp³-hybridized carbons (Fsp3) is 0.312. The minimum Gasteiger partial charge on any atom is -0.497 e. The van der Waals surface area contributed by atoms with Gasteiger partial charge < -0.3 is 15.0 Å². The predicted octanol–water partition coefficient (Wildman–Crippen LogP) is 2.91. The lowest BCUT2D eigenvalue weighted by atomic mass is 10.1. The average molecular weight is 272 g/mol. The Bertz CT molecular complexity index is 630. The van der Waals surface area contributed by atoms with Crippen molar-refractivity contribution in [2.24, 2.45) is 0 Å². The van der Waals surface area contributed by atoms with Crippen LogP contribution in [0.25, 0.3) is 11.3 Å². The molecule has 0 aliphatic carbocycles. The summed E-state index contributed by atoms with van der Waals surface area (Å²) in [5.74, 6) is 0.798. The SMILES string of the molecule is CCCCn1c(-c2ccc(OC)cc2)ccc(N)c1=O. The molecular formula is C16H20N2O2. The lowest BCUT2D eigenvalue weighted by Crippen LogP contribution is -2.24. The number of unbranched alkanes of at least 4 members (excludes halogenated alkanes) is 1. The summed E-state index contributed by atoms with van der Waals surface area (Å²) in [5.41, 5.74) is 7.78. The summed E-state index contributed by atoms with van der Waals surface area (Å²) in [6.07, 6.45) is 1.98. The van der Waals surface area contributed by atoms with Crippen molar-refractivity contribution in [1.82, 2.24) is 4.57 Å². The van der Waals surface area contributed by atoms with Gasteiger partial charge in [-0.05, 0) is 48.4 Å². The highest BCUT2D eigenvalue weighted by Gasteiger charge is 2.08. The summed E-state index contributed by atoms with van der Waals surface area (Å²) in [6, 6.07) is 11.2. The Hall–Kier alpha value is -2.23. The number of rotatable bonds is 5. The van der Waals surface area contributed by atoms with Crippen LogP contribution in [0.4, 0.5) is 5.69 Å². The van der Waals surface area contributed by atoms with Gasteiger partial charge in [-0.25, -0.2) is 0 Å². The van der Waals surface area contributed by atoms with E-state index in [2.05, 4.69) is 6.92 Å². The molecule has 0 aliphatic rings. The van der Waals surface area contributed by atoms with E-state index < -0.39 is 0 Å². The third kappa shape index (κ3) is 2.85. The van der Waals surface area contributed by atoms with Crippen molar-refractivity contribution in [2.45, 2.75) is 26.3 Å². The van der Waals surface area contributed by atoms with E-state index in [0.717, 1.165) is 29.8 Å². The van der Waals surface area contributed by atoms with Gasteiger partial charge in [0.25, 0.3) is 5.56 Å². The maximum Gasteiger partial charge on any atom is 0.274 e. The topological polar surface area (TPSA) is 57.2 Å². The van der Waals surface area contributed by atoms with Gasteiger partial charge in [-0.15, -0.1) is 0 Å². The fourth-order valence-corrected chi connectivity index (χ4v) is 2.15. The summed E-state index contributed by atoms with van der Waals surface area (Å²) in [7, 11) is 1.63.